The molecular formula is C10H14O3S. The standard InChI is InChI=1S/C7H8O2S.C3H6O/c1-10(8,9)7-5-3-2-4-6-7;1-3(2)4/h2-6H,1H3;1-2H3. The summed E-state index contributed by atoms with van der Waals surface area (Å²) in [4.78, 5) is 9.81. The van der Waals surface area contributed by atoms with Gasteiger partial charge >= 0.3 is 0 Å². The number of rotatable bonds is 1. The highest BCUT2D eigenvalue weighted by Crippen LogP contribution is 2.05. The minimum Gasteiger partial charge on any atom is -0.300 e. The average Bonchev–Trinajstić information content (AvgIpc) is 2.03. The van der Waals surface area contributed by atoms with E-state index in [4.69, 9.17) is 0 Å². The quantitative estimate of drug-likeness (QED) is 0.714. The first-order valence-electron chi connectivity index (χ1n) is 4.06. The lowest BCUT2D eigenvalue weighted by molar-refractivity contribution is -0.114. The summed E-state index contributed by atoms with van der Waals surface area (Å²) in [6.07, 6.45) is 1.20. The third-order valence-electron chi connectivity index (χ3n) is 1.17. The van der Waals surface area contributed by atoms with Crippen molar-refractivity contribution < 1.29 is 13.2 Å². The van der Waals surface area contributed by atoms with E-state index in [1.165, 1.54) is 20.1 Å². The molecule has 0 bridgehead atoms. The number of carbonyl (C=O) groups is 1. The number of sulfone groups is 1. The Balaban J connectivity index is 0.000000364. The molecule has 0 heterocycles. The summed E-state index contributed by atoms with van der Waals surface area (Å²) in [7, 11) is -3.00. The molecule has 0 unspecified atom stereocenters. The highest BCUT2D eigenvalue weighted by Gasteiger charge is 2.02. The molecule has 0 aromatic heterocycles. The van der Waals surface area contributed by atoms with Crippen LogP contribution in [0.15, 0.2) is 35.2 Å². The van der Waals surface area contributed by atoms with Crippen LogP contribution in [0.25, 0.3) is 0 Å². The predicted octanol–water partition coefficient (Wildman–Crippen LogP) is 1.69. The Labute approximate surface area is 84.7 Å². The van der Waals surface area contributed by atoms with Crippen molar-refractivity contribution in [3.05, 3.63) is 30.3 Å². The number of hydrogen-bond donors (Lipinski definition) is 0. The summed E-state index contributed by atoms with van der Waals surface area (Å²) in [6.45, 7) is 3.06. The second kappa shape index (κ2) is 5.54. The van der Waals surface area contributed by atoms with Gasteiger partial charge < -0.3 is 4.79 Å². The fraction of sp³-hybridized carbons (Fsp3) is 0.300. The van der Waals surface area contributed by atoms with Crippen LogP contribution < -0.4 is 0 Å². The highest BCUT2D eigenvalue weighted by atomic mass is 32.2. The zero-order chi connectivity index (χ0) is 11.2. The van der Waals surface area contributed by atoms with Gasteiger partial charge in [-0.3, -0.25) is 0 Å². The third-order valence-corrected chi connectivity index (χ3v) is 2.30. The van der Waals surface area contributed by atoms with Crippen LogP contribution in [0.4, 0.5) is 0 Å². The van der Waals surface area contributed by atoms with Gasteiger partial charge in [-0.1, -0.05) is 18.2 Å². The zero-order valence-corrected chi connectivity index (χ0v) is 9.34. The molecule has 0 radical (unpaired) electrons. The predicted molar refractivity (Wildman–Crippen MR) is 55.9 cm³/mol. The van der Waals surface area contributed by atoms with Gasteiger partial charge in [0, 0.05) is 6.26 Å². The topological polar surface area (TPSA) is 51.2 Å². The molecule has 0 N–H and O–H groups in total. The summed E-state index contributed by atoms with van der Waals surface area (Å²) in [5.41, 5.74) is 0. The molecule has 0 saturated heterocycles. The SMILES string of the molecule is CC(C)=O.CS(=O)(=O)c1ccccc1. The van der Waals surface area contributed by atoms with E-state index in [2.05, 4.69) is 0 Å². The molecule has 1 aromatic rings. The van der Waals surface area contributed by atoms with E-state index in [0.29, 0.717) is 4.90 Å². The smallest absolute Gasteiger partial charge is 0.175 e. The van der Waals surface area contributed by atoms with Crippen LogP contribution >= 0.6 is 0 Å². The van der Waals surface area contributed by atoms with Crippen molar-refractivity contribution in [2.24, 2.45) is 0 Å². The molecule has 14 heavy (non-hydrogen) atoms. The molecule has 0 atom stereocenters. The van der Waals surface area contributed by atoms with Crippen LogP contribution in [0.1, 0.15) is 13.8 Å². The molecule has 1 rings (SSSR count). The second-order valence-corrected chi connectivity index (χ2v) is 5.01. The Morgan fingerprint density at radius 3 is 1.64 bits per heavy atom. The van der Waals surface area contributed by atoms with Crippen LogP contribution in [0, 0.1) is 0 Å². The first-order chi connectivity index (χ1) is 6.34. The van der Waals surface area contributed by atoms with Crippen molar-refractivity contribution in [3.8, 4) is 0 Å². The molecule has 0 aliphatic carbocycles. The fourth-order valence-corrected chi connectivity index (χ4v) is 1.32. The maximum Gasteiger partial charge on any atom is 0.175 e. The van der Waals surface area contributed by atoms with Gasteiger partial charge in [-0.25, -0.2) is 8.42 Å². The second-order valence-electron chi connectivity index (χ2n) is 2.99. The molecule has 0 saturated carbocycles. The van der Waals surface area contributed by atoms with Crippen molar-refractivity contribution in [1.82, 2.24) is 0 Å². The molecule has 0 spiro atoms. The largest absolute Gasteiger partial charge is 0.300 e. The van der Waals surface area contributed by atoms with Crippen molar-refractivity contribution in [2.75, 3.05) is 6.26 Å². The van der Waals surface area contributed by atoms with Crippen molar-refractivity contribution >= 4 is 15.6 Å². The summed E-state index contributed by atoms with van der Waals surface area (Å²) >= 11 is 0. The van der Waals surface area contributed by atoms with Gasteiger partial charge in [0.25, 0.3) is 0 Å². The average molecular weight is 214 g/mol. The molecule has 0 fully saturated rings. The maximum absolute atomic E-state index is 10.8. The summed E-state index contributed by atoms with van der Waals surface area (Å²) in [6, 6.07) is 8.35. The van der Waals surface area contributed by atoms with E-state index >= 15 is 0 Å². The molecule has 3 nitrogen and oxygen atoms in total. The number of hydrogen-bond acceptors (Lipinski definition) is 3. The molecule has 0 amide bonds. The summed E-state index contributed by atoms with van der Waals surface area (Å²) in [5.74, 6) is 0.167. The van der Waals surface area contributed by atoms with Gasteiger partial charge in [-0.15, -0.1) is 0 Å². The molecule has 1 aromatic carbocycles. The Morgan fingerprint density at radius 1 is 1.07 bits per heavy atom. The van der Waals surface area contributed by atoms with Gasteiger partial charge in [0.2, 0.25) is 0 Å². The lowest BCUT2D eigenvalue weighted by atomic mass is 10.4. The normalized spacial score (nSPS) is 9.93. The molecule has 0 aliphatic rings. The van der Waals surface area contributed by atoms with E-state index in [1.54, 1.807) is 30.3 Å². The zero-order valence-electron chi connectivity index (χ0n) is 8.52. The molecule has 78 valence electrons. The van der Waals surface area contributed by atoms with Gasteiger partial charge in [-0.05, 0) is 26.0 Å². The van der Waals surface area contributed by atoms with Crippen LogP contribution in [0.2, 0.25) is 0 Å². The minimum atomic E-state index is -3.00. The molecule has 4 heteroatoms. The van der Waals surface area contributed by atoms with Gasteiger partial charge in [0.05, 0.1) is 4.90 Å². The monoisotopic (exact) mass is 214 g/mol. The Hall–Kier alpha value is -1.16. The molecular weight excluding hydrogens is 200 g/mol. The maximum atomic E-state index is 10.8. The van der Waals surface area contributed by atoms with E-state index in [0.717, 1.165) is 0 Å². The van der Waals surface area contributed by atoms with E-state index in [1.807, 2.05) is 0 Å². The van der Waals surface area contributed by atoms with Crippen LogP contribution in [-0.2, 0) is 14.6 Å². The molecule has 0 aliphatic heterocycles. The van der Waals surface area contributed by atoms with Crippen LogP contribution in [0.5, 0.6) is 0 Å². The number of ketones is 1. The Morgan fingerprint density at radius 2 is 1.43 bits per heavy atom. The highest BCUT2D eigenvalue weighted by molar-refractivity contribution is 7.90. The number of Topliss-reactive ketones (excluding diaryl/α,β-unsaturated/α-hetero) is 1. The van der Waals surface area contributed by atoms with E-state index in [9.17, 15) is 13.2 Å². The Kier molecular flexibility index (Phi) is 5.09. The summed E-state index contributed by atoms with van der Waals surface area (Å²) in [5, 5.41) is 0. The number of carbonyl (C=O) groups excluding carboxylic acids is 1. The fourth-order valence-electron chi connectivity index (χ4n) is 0.668. The van der Waals surface area contributed by atoms with Crippen LogP contribution in [-0.4, -0.2) is 20.5 Å². The first-order valence-corrected chi connectivity index (χ1v) is 5.95. The van der Waals surface area contributed by atoms with E-state index < -0.39 is 9.84 Å². The van der Waals surface area contributed by atoms with Gasteiger partial charge in [0.15, 0.2) is 9.84 Å². The van der Waals surface area contributed by atoms with Crippen molar-refractivity contribution in [1.29, 1.82) is 0 Å². The van der Waals surface area contributed by atoms with Crippen molar-refractivity contribution in [3.63, 3.8) is 0 Å². The number of benzene rings is 1. The summed E-state index contributed by atoms with van der Waals surface area (Å²) < 4.78 is 21.7. The van der Waals surface area contributed by atoms with Gasteiger partial charge in [0.1, 0.15) is 5.78 Å². The van der Waals surface area contributed by atoms with Crippen molar-refractivity contribution in [2.45, 2.75) is 18.7 Å². The van der Waals surface area contributed by atoms with E-state index in [-0.39, 0.29) is 5.78 Å². The lowest BCUT2D eigenvalue weighted by Gasteiger charge is -1.93. The lowest BCUT2D eigenvalue weighted by Crippen LogP contribution is -1.95. The van der Waals surface area contributed by atoms with Crippen LogP contribution in [0.3, 0.4) is 0 Å². The van der Waals surface area contributed by atoms with Gasteiger partial charge in [-0.2, -0.15) is 0 Å². The Bertz CT molecular complexity index is 375. The third kappa shape index (κ3) is 6.37. The minimum absolute atomic E-state index is 0.167. The first kappa shape index (κ1) is 12.8.